The molecule has 90 valence electrons. The number of nitrogens with one attached hydrogen (secondary N) is 1. The van der Waals surface area contributed by atoms with Crippen LogP contribution in [0.25, 0.3) is 0 Å². The number of hydrogen-bond donors (Lipinski definition) is 2. The highest BCUT2D eigenvalue weighted by Crippen LogP contribution is 2.21. The molecule has 6 heteroatoms. The van der Waals surface area contributed by atoms with E-state index in [0.29, 0.717) is 18.1 Å². The Morgan fingerprint density at radius 2 is 2.44 bits per heavy atom. The van der Waals surface area contributed by atoms with Crippen LogP contribution in [0.1, 0.15) is 13.3 Å². The third kappa shape index (κ3) is 3.16. The molecule has 16 heavy (non-hydrogen) atoms. The van der Waals surface area contributed by atoms with E-state index < -0.39 is 12.0 Å². The summed E-state index contributed by atoms with van der Waals surface area (Å²) in [5, 5.41) is 11.7. The van der Waals surface area contributed by atoms with E-state index in [0.717, 1.165) is 0 Å². The standard InChI is InChI=1S/C10H16N2O3S/c1-3-4-7(2)11-10(15)12-6-16-5-8(12)9(13)14/h3,7-8H,1,4-6H2,2H3,(H,11,15)(H,13,14). The highest BCUT2D eigenvalue weighted by molar-refractivity contribution is 7.99. The van der Waals surface area contributed by atoms with Gasteiger partial charge in [0.25, 0.3) is 0 Å². The van der Waals surface area contributed by atoms with Crippen molar-refractivity contribution < 1.29 is 14.7 Å². The lowest BCUT2D eigenvalue weighted by atomic mass is 10.2. The van der Waals surface area contributed by atoms with Gasteiger partial charge in [-0.15, -0.1) is 18.3 Å². The predicted molar refractivity (Wildman–Crippen MR) is 63.4 cm³/mol. The van der Waals surface area contributed by atoms with Crippen molar-refractivity contribution >= 4 is 23.8 Å². The molecule has 0 radical (unpaired) electrons. The van der Waals surface area contributed by atoms with Crippen LogP contribution in [0.5, 0.6) is 0 Å². The zero-order valence-corrected chi connectivity index (χ0v) is 10.00. The lowest BCUT2D eigenvalue weighted by molar-refractivity contribution is -0.140. The van der Waals surface area contributed by atoms with Gasteiger partial charge in [-0.1, -0.05) is 6.08 Å². The van der Waals surface area contributed by atoms with Gasteiger partial charge in [0.1, 0.15) is 6.04 Å². The number of urea groups is 1. The van der Waals surface area contributed by atoms with Crippen molar-refractivity contribution in [2.45, 2.75) is 25.4 Å². The Morgan fingerprint density at radius 3 is 3.00 bits per heavy atom. The second kappa shape index (κ2) is 5.79. The summed E-state index contributed by atoms with van der Waals surface area (Å²) in [7, 11) is 0. The number of carboxylic acid groups (broad SMARTS) is 1. The first kappa shape index (κ1) is 12.9. The van der Waals surface area contributed by atoms with Gasteiger partial charge in [0, 0.05) is 11.8 Å². The molecule has 2 amide bonds. The van der Waals surface area contributed by atoms with Crippen molar-refractivity contribution in [2.24, 2.45) is 0 Å². The molecule has 0 aromatic rings. The molecule has 1 saturated heterocycles. The molecule has 0 saturated carbocycles. The molecule has 1 heterocycles. The minimum atomic E-state index is -0.948. The summed E-state index contributed by atoms with van der Waals surface area (Å²) in [6, 6.07) is -1.04. The summed E-state index contributed by atoms with van der Waals surface area (Å²) in [5.74, 6) is -0.0566. The van der Waals surface area contributed by atoms with Gasteiger partial charge in [-0.2, -0.15) is 0 Å². The quantitative estimate of drug-likeness (QED) is 0.727. The summed E-state index contributed by atoms with van der Waals surface area (Å²) in [6.45, 7) is 5.45. The Labute approximate surface area is 98.9 Å². The number of carbonyl (C=O) groups excluding carboxylic acids is 1. The van der Waals surface area contributed by atoms with Crippen LogP contribution >= 0.6 is 11.8 Å². The second-order valence-corrected chi connectivity index (χ2v) is 4.70. The van der Waals surface area contributed by atoms with Crippen LogP contribution in [-0.4, -0.2) is 45.7 Å². The smallest absolute Gasteiger partial charge is 0.327 e. The van der Waals surface area contributed by atoms with Crippen molar-refractivity contribution in [3.63, 3.8) is 0 Å². The molecule has 1 fully saturated rings. The van der Waals surface area contributed by atoms with Crippen LogP contribution in [-0.2, 0) is 4.79 Å². The van der Waals surface area contributed by atoms with E-state index in [2.05, 4.69) is 11.9 Å². The van der Waals surface area contributed by atoms with Crippen LogP contribution in [0.3, 0.4) is 0 Å². The Balaban J connectivity index is 2.52. The maximum atomic E-state index is 11.7. The number of thioether (sulfide) groups is 1. The first-order chi connectivity index (χ1) is 7.56. The monoisotopic (exact) mass is 244 g/mol. The van der Waals surface area contributed by atoms with E-state index in [4.69, 9.17) is 5.11 Å². The normalized spacial score (nSPS) is 21.6. The lowest BCUT2D eigenvalue weighted by Gasteiger charge is -2.23. The average molecular weight is 244 g/mol. The first-order valence-electron chi connectivity index (χ1n) is 5.04. The predicted octanol–water partition coefficient (Wildman–Crippen LogP) is 1.12. The van der Waals surface area contributed by atoms with Gasteiger partial charge in [-0.05, 0) is 13.3 Å². The summed E-state index contributed by atoms with van der Waals surface area (Å²) in [5.41, 5.74) is 0. The maximum Gasteiger partial charge on any atom is 0.327 e. The highest BCUT2D eigenvalue weighted by atomic mass is 32.2. The molecule has 0 aliphatic carbocycles. The Kier molecular flexibility index (Phi) is 4.67. The average Bonchev–Trinajstić information content (AvgIpc) is 2.65. The van der Waals surface area contributed by atoms with Crippen molar-refractivity contribution in [3.05, 3.63) is 12.7 Å². The largest absolute Gasteiger partial charge is 0.480 e. The zero-order chi connectivity index (χ0) is 12.1. The summed E-state index contributed by atoms with van der Waals surface area (Å²) < 4.78 is 0. The van der Waals surface area contributed by atoms with Crippen LogP contribution < -0.4 is 5.32 Å². The molecule has 0 bridgehead atoms. The molecule has 1 rings (SSSR count). The number of amides is 2. The van der Waals surface area contributed by atoms with Crippen LogP contribution in [0.4, 0.5) is 4.79 Å². The van der Waals surface area contributed by atoms with Gasteiger partial charge < -0.3 is 15.3 Å². The van der Waals surface area contributed by atoms with Crippen LogP contribution in [0.2, 0.25) is 0 Å². The molecule has 0 spiro atoms. The maximum absolute atomic E-state index is 11.7. The third-order valence-electron chi connectivity index (χ3n) is 2.32. The Bertz CT molecular complexity index is 296. The number of carbonyl (C=O) groups is 2. The number of rotatable bonds is 4. The molecule has 0 aromatic heterocycles. The molecule has 5 nitrogen and oxygen atoms in total. The van der Waals surface area contributed by atoms with Gasteiger partial charge in [0.2, 0.25) is 0 Å². The number of carboxylic acids is 1. The van der Waals surface area contributed by atoms with Crippen molar-refractivity contribution in [2.75, 3.05) is 11.6 Å². The summed E-state index contributed by atoms with van der Waals surface area (Å²) >= 11 is 1.45. The SMILES string of the molecule is C=CCC(C)NC(=O)N1CSCC1C(=O)O. The lowest BCUT2D eigenvalue weighted by Crippen LogP contribution is -2.49. The fraction of sp³-hybridized carbons (Fsp3) is 0.600. The summed E-state index contributed by atoms with van der Waals surface area (Å²) in [6.07, 6.45) is 2.39. The molecular formula is C10H16N2O3S. The second-order valence-electron chi connectivity index (χ2n) is 3.70. The molecule has 1 aliphatic rings. The van der Waals surface area contributed by atoms with E-state index in [-0.39, 0.29) is 12.1 Å². The van der Waals surface area contributed by atoms with Crippen molar-refractivity contribution in [1.82, 2.24) is 10.2 Å². The van der Waals surface area contributed by atoms with Crippen molar-refractivity contribution in [3.8, 4) is 0 Å². The molecular weight excluding hydrogens is 228 g/mol. The molecule has 2 N–H and O–H groups in total. The molecule has 0 aromatic carbocycles. The van der Waals surface area contributed by atoms with Crippen LogP contribution in [0, 0.1) is 0 Å². The molecule has 2 unspecified atom stereocenters. The van der Waals surface area contributed by atoms with Gasteiger partial charge in [-0.3, -0.25) is 0 Å². The van der Waals surface area contributed by atoms with Gasteiger partial charge in [0.15, 0.2) is 0 Å². The molecule has 1 aliphatic heterocycles. The van der Waals surface area contributed by atoms with E-state index in [1.54, 1.807) is 6.08 Å². The fourth-order valence-corrected chi connectivity index (χ4v) is 2.60. The number of hydrogen-bond acceptors (Lipinski definition) is 3. The third-order valence-corrected chi connectivity index (χ3v) is 3.33. The first-order valence-corrected chi connectivity index (χ1v) is 6.20. The molecule has 2 atom stereocenters. The Morgan fingerprint density at radius 1 is 1.75 bits per heavy atom. The van der Waals surface area contributed by atoms with Crippen molar-refractivity contribution in [1.29, 1.82) is 0 Å². The highest BCUT2D eigenvalue weighted by Gasteiger charge is 2.34. The van der Waals surface area contributed by atoms with Crippen LogP contribution in [0.15, 0.2) is 12.7 Å². The minimum absolute atomic E-state index is 0.0231. The summed E-state index contributed by atoms with van der Waals surface area (Å²) in [4.78, 5) is 24.0. The Hall–Kier alpha value is -1.17. The van der Waals surface area contributed by atoms with Gasteiger partial charge in [-0.25, -0.2) is 9.59 Å². The number of nitrogens with zero attached hydrogens (tertiary/aromatic N) is 1. The van der Waals surface area contributed by atoms with E-state index in [9.17, 15) is 9.59 Å². The van der Waals surface area contributed by atoms with Gasteiger partial charge in [0.05, 0.1) is 5.88 Å². The number of aliphatic carboxylic acids is 1. The fourth-order valence-electron chi connectivity index (χ4n) is 1.45. The zero-order valence-electron chi connectivity index (χ0n) is 9.18. The van der Waals surface area contributed by atoms with Gasteiger partial charge >= 0.3 is 12.0 Å². The van der Waals surface area contributed by atoms with E-state index >= 15 is 0 Å². The minimum Gasteiger partial charge on any atom is -0.480 e. The van der Waals surface area contributed by atoms with E-state index in [1.165, 1.54) is 16.7 Å². The van der Waals surface area contributed by atoms with E-state index in [1.807, 2.05) is 6.92 Å². The topological polar surface area (TPSA) is 69.6 Å².